The maximum absolute atomic E-state index is 12.6. The lowest BCUT2D eigenvalue weighted by molar-refractivity contribution is -0.384. The van der Waals surface area contributed by atoms with Crippen LogP contribution < -0.4 is 10.1 Å². The van der Waals surface area contributed by atoms with Gasteiger partial charge in [-0.15, -0.1) is 0 Å². The molecule has 3 atom stereocenters. The van der Waals surface area contributed by atoms with Crippen LogP contribution in [0.15, 0.2) is 18.2 Å². The van der Waals surface area contributed by atoms with E-state index in [1.165, 1.54) is 25.3 Å². The Morgan fingerprint density at radius 2 is 2.04 bits per heavy atom. The van der Waals surface area contributed by atoms with Gasteiger partial charge in [0.15, 0.2) is 0 Å². The normalized spacial score (nSPS) is 22.7. The molecular weight excluding hydrogens is 314 g/mol. The van der Waals surface area contributed by atoms with E-state index in [0.717, 1.165) is 0 Å². The lowest BCUT2D eigenvalue weighted by Crippen LogP contribution is -2.52. The van der Waals surface area contributed by atoms with Gasteiger partial charge in [-0.05, 0) is 26.8 Å². The number of benzene rings is 1. The smallest absolute Gasteiger partial charge is 0.271 e. The Balaban J connectivity index is 2.13. The maximum Gasteiger partial charge on any atom is 0.271 e. The third kappa shape index (κ3) is 4.21. The molecule has 1 heterocycles. The second kappa shape index (κ2) is 7.59. The standard InChI is InChI=1S/C16H23N3O5/c1-10-8-18(9-11(2)24-10)12(3)16(20)17-14-7-13(19(21)22)5-6-15(14)23-4/h5-7,10-12H,8-9H2,1-4H3,(H,17,20). The molecule has 24 heavy (non-hydrogen) atoms. The van der Waals surface area contributed by atoms with E-state index in [9.17, 15) is 14.9 Å². The van der Waals surface area contributed by atoms with Gasteiger partial charge < -0.3 is 14.8 Å². The summed E-state index contributed by atoms with van der Waals surface area (Å²) in [6.07, 6.45) is 0.104. The summed E-state index contributed by atoms with van der Waals surface area (Å²) >= 11 is 0. The van der Waals surface area contributed by atoms with Gasteiger partial charge in [-0.25, -0.2) is 0 Å². The fraction of sp³-hybridized carbons (Fsp3) is 0.562. The van der Waals surface area contributed by atoms with Crippen LogP contribution in [0.4, 0.5) is 11.4 Å². The molecule has 8 nitrogen and oxygen atoms in total. The van der Waals surface area contributed by atoms with Crippen molar-refractivity contribution in [2.24, 2.45) is 0 Å². The van der Waals surface area contributed by atoms with Crippen molar-refractivity contribution >= 4 is 17.3 Å². The first-order valence-corrected chi connectivity index (χ1v) is 7.84. The number of nitrogens with zero attached hydrogens (tertiary/aromatic N) is 2. The first-order chi connectivity index (χ1) is 11.3. The average Bonchev–Trinajstić information content (AvgIpc) is 2.52. The molecule has 132 valence electrons. The highest BCUT2D eigenvalue weighted by Gasteiger charge is 2.29. The Labute approximate surface area is 140 Å². The SMILES string of the molecule is COc1ccc([N+](=O)[O-])cc1NC(=O)C(C)N1CC(C)OC(C)C1. The predicted molar refractivity (Wildman–Crippen MR) is 89.3 cm³/mol. The molecule has 1 aliphatic heterocycles. The van der Waals surface area contributed by atoms with Gasteiger partial charge in [0.1, 0.15) is 5.75 Å². The van der Waals surface area contributed by atoms with Crippen LogP contribution in [0.2, 0.25) is 0 Å². The number of nitro benzene ring substituents is 1. The van der Waals surface area contributed by atoms with Gasteiger partial charge in [-0.2, -0.15) is 0 Å². The van der Waals surface area contributed by atoms with Crippen LogP contribution in [0.3, 0.4) is 0 Å². The topological polar surface area (TPSA) is 93.9 Å². The number of non-ortho nitro benzene ring substituents is 1. The van der Waals surface area contributed by atoms with Gasteiger partial charge >= 0.3 is 0 Å². The highest BCUT2D eigenvalue weighted by molar-refractivity contribution is 5.96. The zero-order valence-electron chi connectivity index (χ0n) is 14.3. The van der Waals surface area contributed by atoms with E-state index in [1.54, 1.807) is 0 Å². The zero-order valence-corrected chi connectivity index (χ0v) is 14.3. The number of ether oxygens (including phenoxy) is 2. The molecule has 1 saturated heterocycles. The first-order valence-electron chi connectivity index (χ1n) is 7.84. The number of hydrogen-bond donors (Lipinski definition) is 1. The number of amides is 1. The summed E-state index contributed by atoms with van der Waals surface area (Å²) in [5, 5.41) is 13.7. The van der Waals surface area contributed by atoms with E-state index < -0.39 is 4.92 Å². The van der Waals surface area contributed by atoms with Crippen molar-refractivity contribution in [3.63, 3.8) is 0 Å². The number of carbonyl (C=O) groups excluding carboxylic acids is 1. The predicted octanol–water partition coefficient (Wildman–Crippen LogP) is 2.04. The minimum Gasteiger partial charge on any atom is -0.495 e. The number of rotatable bonds is 5. The summed E-state index contributed by atoms with van der Waals surface area (Å²) in [7, 11) is 1.45. The molecule has 2 rings (SSSR count). The van der Waals surface area contributed by atoms with E-state index >= 15 is 0 Å². The molecule has 0 saturated carbocycles. The monoisotopic (exact) mass is 337 g/mol. The fourth-order valence-corrected chi connectivity index (χ4v) is 2.84. The van der Waals surface area contributed by atoms with Crippen LogP contribution >= 0.6 is 0 Å². The molecule has 1 amide bonds. The van der Waals surface area contributed by atoms with Crippen molar-refractivity contribution in [3.8, 4) is 5.75 Å². The third-order valence-electron chi connectivity index (χ3n) is 4.03. The van der Waals surface area contributed by atoms with Crippen LogP contribution in [0.1, 0.15) is 20.8 Å². The summed E-state index contributed by atoms with van der Waals surface area (Å²) in [5.41, 5.74) is 0.185. The van der Waals surface area contributed by atoms with E-state index in [2.05, 4.69) is 5.32 Å². The van der Waals surface area contributed by atoms with Crippen LogP contribution in [-0.4, -0.2) is 54.2 Å². The molecule has 0 spiro atoms. The molecule has 1 fully saturated rings. The fourth-order valence-electron chi connectivity index (χ4n) is 2.84. The largest absolute Gasteiger partial charge is 0.495 e. The molecule has 1 aliphatic rings. The average molecular weight is 337 g/mol. The first kappa shape index (κ1) is 18.2. The van der Waals surface area contributed by atoms with Crippen LogP contribution in [-0.2, 0) is 9.53 Å². The Bertz CT molecular complexity index is 612. The number of methoxy groups -OCH3 is 1. The quantitative estimate of drug-likeness (QED) is 0.653. The Kier molecular flexibility index (Phi) is 5.74. The molecule has 3 unspecified atom stereocenters. The van der Waals surface area contributed by atoms with Crippen molar-refractivity contribution in [3.05, 3.63) is 28.3 Å². The van der Waals surface area contributed by atoms with Gasteiger partial charge in [-0.3, -0.25) is 19.8 Å². The molecule has 8 heteroatoms. The van der Waals surface area contributed by atoms with E-state index in [0.29, 0.717) is 18.8 Å². The molecule has 0 bridgehead atoms. The second-order valence-corrected chi connectivity index (χ2v) is 6.02. The highest BCUT2D eigenvalue weighted by Crippen LogP contribution is 2.29. The number of nitrogens with one attached hydrogen (secondary N) is 1. The zero-order chi connectivity index (χ0) is 17.9. The number of hydrogen-bond acceptors (Lipinski definition) is 6. The lowest BCUT2D eigenvalue weighted by Gasteiger charge is -2.38. The third-order valence-corrected chi connectivity index (χ3v) is 4.03. The van der Waals surface area contributed by atoms with Crippen molar-refractivity contribution in [2.75, 3.05) is 25.5 Å². The van der Waals surface area contributed by atoms with E-state index in [-0.39, 0.29) is 35.5 Å². The molecule has 1 aromatic rings. The van der Waals surface area contributed by atoms with Crippen molar-refractivity contribution < 1.29 is 19.2 Å². The van der Waals surface area contributed by atoms with Gasteiger partial charge in [0.05, 0.1) is 36.0 Å². The van der Waals surface area contributed by atoms with Gasteiger partial charge in [-0.1, -0.05) is 0 Å². The molecule has 1 N–H and O–H groups in total. The van der Waals surface area contributed by atoms with Gasteiger partial charge in [0, 0.05) is 25.2 Å². The number of nitro groups is 1. The molecule has 0 aromatic heterocycles. The maximum atomic E-state index is 12.6. The van der Waals surface area contributed by atoms with Crippen LogP contribution in [0.25, 0.3) is 0 Å². The molecule has 0 radical (unpaired) electrons. The summed E-state index contributed by atoms with van der Waals surface area (Å²) in [5.74, 6) is 0.139. The molecular formula is C16H23N3O5. The molecule has 0 aliphatic carbocycles. The van der Waals surface area contributed by atoms with E-state index in [4.69, 9.17) is 9.47 Å². The van der Waals surface area contributed by atoms with Crippen LogP contribution in [0.5, 0.6) is 5.75 Å². The summed E-state index contributed by atoms with van der Waals surface area (Å²) in [6.45, 7) is 7.06. The van der Waals surface area contributed by atoms with Gasteiger partial charge in [0.25, 0.3) is 5.69 Å². The Hall–Kier alpha value is -2.19. The molecule has 1 aromatic carbocycles. The van der Waals surface area contributed by atoms with E-state index in [1.807, 2.05) is 25.7 Å². The van der Waals surface area contributed by atoms with Gasteiger partial charge in [0.2, 0.25) is 5.91 Å². The summed E-state index contributed by atoms with van der Waals surface area (Å²) in [6, 6.07) is 3.72. The number of morpholine rings is 1. The minimum absolute atomic E-state index is 0.0522. The number of anilines is 1. The van der Waals surface area contributed by atoms with Crippen molar-refractivity contribution in [1.82, 2.24) is 4.90 Å². The second-order valence-electron chi connectivity index (χ2n) is 6.02. The Morgan fingerprint density at radius 1 is 1.42 bits per heavy atom. The van der Waals surface area contributed by atoms with Crippen LogP contribution in [0, 0.1) is 10.1 Å². The van der Waals surface area contributed by atoms with Crippen molar-refractivity contribution in [2.45, 2.75) is 39.0 Å². The number of carbonyl (C=O) groups is 1. The summed E-state index contributed by atoms with van der Waals surface area (Å²) in [4.78, 5) is 25.0. The Morgan fingerprint density at radius 3 is 2.58 bits per heavy atom. The lowest BCUT2D eigenvalue weighted by atomic mass is 10.1. The van der Waals surface area contributed by atoms with Crippen molar-refractivity contribution in [1.29, 1.82) is 0 Å². The summed E-state index contributed by atoms with van der Waals surface area (Å²) < 4.78 is 10.8. The highest BCUT2D eigenvalue weighted by atomic mass is 16.6. The minimum atomic E-state index is -0.510.